The maximum Gasteiger partial charge on any atom is 0.150 e. The maximum absolute atomic E-state index is 11.3. The van der Waals surface area contributed by atoms with Crippen LogP contribution in [0.15, 0.2) is 40.7 Å². The molecule has 138 valence electrons. The van der Waals surface area contributed by atoms with Crippen LogP contribution >= 0.6 is 0 Å². The number of methoxy groups -OCH3 is 1. The Balaban J connectivity index is 2.25. The molecule has 6 N–H and O–H groups in total. The van der Waals surface area contributed by atoms with Crippen molar-refractivity contribution in [2.45, 2.75) is 44.6 Å². The largest absolute Gasteiger partial charge is 0.404 e. The Kier molecular flexibility index (Phi) is 6.78. The van der Waals surface area contributed by atoms with Crippen LogP contribution in [0, 0.1) is 5.92 Å². The summed E-state index contributed by atoms with van der Waals surface area (Å²) in [5, 5.41) is 17.9. The van der Waals surface area contributed by atoms with E-state index in [-0.39, 0.29) is 5.84 Å². The van der Waals surface area contributed by atoms with E-state index in [0.29, 0.717) is 30.2 Å². The van der Waals surface area contributed by atoms with Gasteiger partial charge in [0.15, 0.2) is 0 Å². The van der Waals surface area contributed by atoms with Gasteiger partial charge in [-0.3, -0.25) is 5.10 Å². The lowest BCUT2D eigenvalue weighted by Gasteiger charge is -2.38. The van der Waals surface area contributed by atoms with E-state index in [1.165, 1.54) is 6.20 Å². The molecule has 1 aliphatic rings. The summed E-state index contributed by atoms with van der Waals surface area (Å²) in [6.07, 6.45) is 8.91. The minimum atomic E-state index is -0.945. The van der Waals surface area contributed by atoms with Crippen LogP contribution in [0.4, 0.5) is 5.82 Å². The van der Waals surface area contributed by atoms with Crippen LogP contribution in [0.1, 0.15) is 39.0 Å². The van der Waals surface area contributed by atoms with Gasteiger partial charge in [-0.1, -0.05) is 13.0 Å². The fraction of sp³-hybridized carbons (Fsp3) is 0.556. The number of ether oxygens (including phenoxy) is 1. The van der Waals surface area contributed by atoms with Gasteiger partial charge in [0.1, 0.15) is 11.7 Å². The van der Waals surface area contributed by atoms with E-state index in [1.807, 2.05) is 13.0 Å². The first kappa shape index (κ1) is 19.2. The van der Waals surface area contributed by atoms with E-state index in [0.717, 1.165) is 31.4 Å². The zero-order chi connectivity index (χ0) is 18.3. The van der Waals surface area contributed by atoms with Gasteiger partial charge in [0.25, 0.3) is 0 Å². The Morgan fingerprint density at radius 1 is 1.52 bits per heavy atom. The van der Waals surface area contributed by atoms with Crippen molar-refractivity contribution >= 4 is 11.7 Å². The number of aliphatic hydroxyl groups is 1. The Hall–Kier alpha value is -2.12. The Morgan fingerprint density at radius 3 is 2.76 bits per heavy atom. The van der Waals surface area contributed by atoms with Crippen molar-refractivity contribution in [3.63, 3.8) is 0 Å². The summed E-state index contributed by atoms with van der Waals surface area (Å²) in [4.78, 5) is 4.32. The number of rotatable bonds is 7. The van der Waals surface area contributed by atoms with Crippen LogP contribution in [0.3, 0.4) is 0 Å². The molecule has 7 nitrogen and oxygen atoms in total. The van der Waals surface area contributed by atoms with Gasteiger partial charge < -0.3 is 21.3 Å². The van der Waals surface area contributed by atoms with E-state index >= 15 is 0 Å². The molecule has 0 aromatic carbocycles. The number of nitrogens with one attached hydrogen (secondary N) is 1. The highest BCUT2D eigenvalue weighted by Crippen LogP contribution is 2.40. The summed E-state index contributed by atoms with van der Waals surface area (Å²) in [5.74, 6) is 1.29. The van der Waals surface area contributed by atoms with E-state index < -0.39 is 5.60 Å². The van der Waals surface area contributed by atoms with Gasteiger partial charge in [0.2, 0.25) is 0 Å². The number of allylic oxidation sites excluding steroid dienone is 1. The number of nitrogens with zero attached hydrogens (tertiary/aromatic N) is 2. The quantitative estimate of drug-likeness (QED) is 0.342. The average Bonchev–Trinajstić information content (AvgIpc) is 3.10. The van der Waals surface area contributed by atoms with Crippen LogP contribution in [0.5, 0.6) is 0 Å². The number of nitrogens with two attached hydrogens (primary N) is 2. The van der Waals surface area contributed by atoms with Gasteiger partial charge in [-0.25, -0.2) is 4.99 Å². The van der Waals surface area contributed by atoms with Crippen molar-refractivity contribution in [3.8, 4) is 0 Å². The molecule has 0 saturated heterocycles. The molecule has 1 aromatic rings. The molecule has 1 saturated carbocycles. The molecule has 0 spiro atoms. The van der Waals surface area contributed by atoms with E-state index in [9.17, 15) is 5.11 Å². The van der Waals surface area contributed by atoms with Crippen LogP contribution in [-0.4, -0.2) is 40.5 Å². The molecule has 0 radical (unpaired) electrons. The number of hydrogen-bond donors (Lipinski definition) is 4. The second kappa shape index (κ2) is 8.82. The average molecular weight is 347 g/mol. The lowest BCUT2D eigenvalue weighted by atomic mass is 9.72. The van der Waals surface area contributed by atoms with Gasteiger partial charge >= 0.3 is 0 Å². The minimum Gasteiger partial charge on any atom is -0.404 e. The Bertz CT molecular complexity index is 626. The summed E-state index contributed by atoms with van der Waals surface area (Å²) in [7, 11) is 1.71. The second-order valence-corrected chi connectivity index (χ2v) is 6.48. The minimum absolute atomic E-state index is 0.263. The smallest absolute Gasteiger partial charge is 0.150 e. The molecule has 0 amide bonds. The molecular formula is C18H29N5O2. The highest BCUT2D eigenvalue weighted by Gasteiger charge is 2.38. The van der Waals surface area contributed by atoms with Crippen molar-refractivity contribution in [2.24, 2.45) is 22.4 Å². The van der Waals surface area contributed by atoms with Gasteiger partial charge in [0.05, 0.1) is 11.8 Å². The van der Waals surface area contributed by atoms with Crippen LogP contribution in [-0.2, 0) is 4.74 Å². The summed E-state index contributed by atoms with van der Waals surface area (Å²) >= 11 is 0. The van der Waals surface area contributed by atoms with Crippen molar-refractivity contribution < 1.29 is 9.84 Å². The molecule has 0 bridgehead atoms. The third-order valence-electron chi connectivity index (χ3n) is 4.70. The van der Waals surface area contributed by atoms with Gasteiger partial charge in [-0.2, -0.15) is 5.10 Å². The lowest BCUT2D eigenvalue weighted by molar-refractivity contribution is 0.0112. The topological polar surface area (TPSA) is 123 Å². The van der Waals surface area contributed by atoms with E-state index in [1.54, 1.807) is 19.4 Å². The molecular weight excluding hydrogens is 318 g/mol. The standard InChI is InChI=1S/C18H29N5O2/c1-3-4-15(18(24)8-5-13(6-9-18)12-25-2)14(11-19)17(20)22-16-7-10-21-23-16/h4,7,10-11,13,24H,3,5-6,8-9,12,19H2,1-2H3,(H3,20,21,22,23)/b14-11-,15-4+. The third-order valence-corrected chi connectivity index (χ3v) is 4.70. The number of aromatic nitrogens is 2. The molecule has 0 atom stereocenters. The van der Waals surface area contributed by atoms with Crippen LogP contribution in [0.25, 0.3) is 0 Å². The van der Waals surface area contributed by atoms with Crippen molar-refractivity contribution in [2.75, 3.05) is 13.7 Å². The van der Waals surface area contributed by atoms with Crippen LogP contribution in [0.2, 0.25) is 0 Å². The lowest BCUT2D eigenvalue weighted by Crippen LogP contribution is -2.39. The highest BCUT2D eigenvalue weighted by atomic mass is 16.5. The molecule has 1 aromatic heterocycles. The molecule has 7 heteroatoms. The van der Waals surface area contributed by atoms with E-state index in [2.05, 4.69) is 15.2 Å². The molecule has 2 rings (SSSR count). The number of hydrogen-bond acceptors (Lipinski definition) is 5. The molecule has 1 fully saturated rings. The highest BCUT2D eigenvalue weighted by molar-refractivity contribution is 6.02. The SMILES string of the molecule is CC\C=C(C(=C/N)/C(N)=N/c1ccn[nH]1)\C1(O)CCC(COC)CC1. The number of aliphatic imine (C=N–C) groups is 1. The Morgan fingerprint density at radius 2 is 2.24 bits per heavy atom. The monoisotopic (exact) mass is 347 g/mol. The number of H-pyrrole nitrogens is 1. The summed E-state index contributed by atoms with van der Waals surface area (Å²) in [6.45, 7) is 2.75. The first-order valence-electron chi connectivity index (χ1n) is 8.72. The first-order valence-corrected chi connectivity index (χ1v) is 8.72. The summed E-state index contributed by atoms with van der Waals surface area (Å²) < 4.78 is 5.25. The predicted octanol–water partition coefficient (Wildman–Crippen LogP) is 2.15. The Labute approximate surface area is 148 Å². The van der Waals surface area contributed by atoms with Gasteiger partial charge in [-0.15, -0.1) is 0 Å². The number of aromatic amines is 1. The third kappa shape index (κ3) is 4.70. The zero-order valence-electron chi connectivity index (χ0n) is 15.0. The molecule has 1 heterocycles. The van der Waals surface area contributed by atoms with Crippen molar-refractivity contribution in [1.29, 1.82) is 0 Å². The summed E-state index contributed by atoms with van der Waals surface area (Å²) in [5.41, 5.74) is 12.4. The van der Waals surface area contributed by atoms with Gasteiger partial charge in [-0.05, 0) is 43.6 Å². The van der Waals surface area contributed by atoms with E-state index in [4.69, 9.17) is 16.2 Å². The molecule has 1 aliphatic carbocycles. The molecule has 25 heavy (non-hydrogen) atoms. The predicted molar refractivity (Wildman–Crippen MR) is 99.3 cm³/mol. The van der Waals surface area contributed by atoms with Crippen molar-refractivity contribution in [3.05, 3.63) is 35.7 Å². The second-order valence-electron chi connectivity index (χ2n) is 6.48. The normalized spacial score (nSPS) is 26.0. The fourth-order valence-corrected chi connectivity index (χ4v) is 3.40. The summed E-state index contributed by atoms with van der Waals surface area (Å²) in [6, 6.07) is 1.72. The molecule has 0 unspecified atom stereocenters. The maximum atomic E-state index is 11.3. The van der Waals surface area contributed by atoms with Crippen molar-refractivity contribution in [1.82, 2.24) is 10.2 Å². The van der Waals surface area contributed by atoms with Crippen LogP contribution < -0.4 is 11.5 Å². The molecule has 0 aliphatic heterocycles. The zero-order valence-corrected chi connectivity index (χ0v) is 15.0. The fourth-order valence-electron chi connectivity index (χ4n) is 3.40. The first-order chi connectivity index (χ1) is 12.0. The number of amidine groups is 1. The van der Waals surface area contributed by atoms with Gasteiger partial charge in [0, 0.05) is 31.6 Å².